The van der Waals surface area contributed by atoms with Gasteiger partial charge in [0, 0.05) is 18.3 Å². The monoisotopic (exact) mass is 556 g/mol. The SMILES string of the molecule is Cc1ccc(C(=O)NC(=S)Nc2ccc(S(=O)(=O)N(C)c3ccccc3)cc2)cc1-n1nnc2ccccc21. The first-order valence-corrected chi connectivity index (χ1v) is 13.8. The number of fused-ring (bicyclic) bond motifs is 1. The molecule has 1 aromatic heterocycles. The van der Waals surface area contributed by atoms with Crippen molar-refractivity contribution in [2.45, 2.75) is 11.8 Å². The van der Waals surface area contributed by atoms with Gasteiger partial charge in [0.05, 0.1) is 21.8 Å². The van der Waals surface area contributed by atoms with Crippen LogP contribution in [0.25, 0.3) is 16.7 Å². The quantitative estimate of drug-likeness (QED) is 0.292. The van der Waals surface area contributed by atoms with Gasteiger partial charge in [-0.15, -0.1) is 5.10 Å². The van der Waals surface area contributed by atoms with Crippen LogP contribution in [0.2, 0.25) is 0 Å². The predicted octanol–water partition coefficient (Wildman–Crippen LogP) is 4.68. The highest BCUT2D eigenvalue weighted by Gasteiger charge is 2.21. The standard InChI is InChI=1S/C28H24N6O3S2/c1-19-12-13-20(18-26(19)34-25-11-7-6-10-24(25)31-32-34)27(35)30-28(38)29-21-14-16-23(17-15-21)39(36,37)33(2)22-8-4-3-5-9-22/h3-18H,1-2H3,(H2,29,30,35,38). The largest absolute Gasteiger partial charge is 0.332 e. The van der Waals surface area contributed by atoms with Gasteiger partial charge in [0.1, 0.15) is 5.52 Å². The topological polar surface area (TPSA) is 109 Å². The van der Waals surface area contributed by atoms with Gasteiger partial charge >= 0.3 is 0 Å². The fourth-order valence-electron chi connectivity index (χ4n) is 4.01. The third-order valence-electron chi connectivity index (χ3n) is 6.17. The number of amides is 1. The molecule has 0 atom stereocenters. The van der Waals surface area contributed by atoms with E-state index in [1.54, 1.807) is 53.2 Å². The lowest BCUT2D eigenvalue weighted by molar-refractivity contribution is 0.0977. The smallest absolute Gasteiger partial charge is 0.264 e. The van der Waals surface area contributed by atoms with E-state index in [0.29, 0.717) is 16.9 Å². The molecule has 0 radical (unpaired) electrons. The van der Waals surface area contributed by atoms with Crippen molar-refractivity contribution in [3.63, 3.8) is 0 Å². The van der Waals surface area contributed by atoms with E-state index in [1.165, 1.54) is 23.5 Å². The van der Waals surface area contributed by atoms with Gasteiger partial charge in [-0.2, -0.15) is 0 Å². The lowest BCUT2D eigenvalue weighted by Crippen LogP contribution is -2.34. The molecule has 1 heterocycles. The Hall–Kier alpha value is -4.61. The van der Waals surface area contributed by atoms with Crippen LogP contribution in [-0.2, 0) is 10.0 Å². The van der Waals surface area contributed by atoms with E-state index in [9.17, 15) is 13.2 Å². The van der Waals surface area contributed by atoms with Crippen molar-refractivity contribution >= 4 is 55.7 Å². The molecule has 5 aromatic rings. The first-order valence-electron chi connectivity index (χ1n) is 11.9. The number of thiocarbonyl (C=S) groups is 1. The van der Waals surface area contributed by atoms with Crippen molar-refractivity contribution < 1.29 is 13.2 Å². The van der Waals surface area contributed by atoms with Gasteiger partial charge in [-0.1, -0.05) is 41.6 Å². The Balaban J connectivity index is 1.27. The summed E-state index contributed by atoms with van der Waals surface area (Å²) in [6, 6.07) is 27.8. The zero-order chi connectivity index (χ0) is 27.6. The van der Waals surface area contributed by atoms with E-state index in [-0.39, 0.29) is 10.0 Å². The molecule has 0 aliphatic heterocycles. The van der Waals surface area contributed by atoms with E-state index >= 15 is 0 Å². The van der Waals surface area contributed by atoms with Crippen LogP contribution in [0.1, 0.15) is 15.9 Å². The molecule has 196 valence electrons. The third-order valence-corrected chi connectivity index (χ3v) is 8.17. The highest BCUT2D eigenvalue weighted by Crippen LogP contribution is 2.23. The van der Waals surface area contributed by atoms with Crippen LogP contribution >= 0.6 is 12.2 Å². The van der Waals surface area contributed by atoms with Crippen LogP contribution < -0.4 is 14.9 Å². The molecule has 0 spiro atoms. The fraction of sp³-hybridized carbons (Fsp3) is 0.0714. The molecular weight excluding hydrogens is 532 g/mol. The maximum atomic E-state index is 13.0. The Kier molecular flexibility index (Phi) is 7.09. The number of aromatic nitrogens is 3. The highest BCUT2D eigenvalue weighted by atomic mass is 32.2. The molecule has 0 bridgehead atoms. The van der Waals surface area contributed by atoms with Gasteiger partial charge < -0.3 is 5.32 Å². The Morgan fingerprint density at radius 3 is 2.36 bits per heavy atom. The summed E-state index contributed by atoms with van der Waals surface area (Å²) in [6.45, 7) is 1.93. The van der Waals surface area contributed by atoms with Crippen molar-refractivity contribution in [3.8, 4) is 5.69 Å². The van der Waals surface area contributed by atoms with Crippen molar-refractivity contribution in [3.05, 3.63) is 108 Å². The van der Waals surface area contributed by atoms with Gasteiger partial charge in [0.15, 0.2) is 5.11 Å². The molecule has 9 nitrogen and oxygen atoms in total. The molecule has 2 N–H and O–H groups in total. The second-order valence-corrected chi connectivity index (χ2v) is 11.1. The normalized spacial score (nSPS) is 11.2. The Morgan fingerprint density at radius 1 is 0.923 bits per heavy atom. The van der Waals surface area contributed by atoms with E-state index in [1.807, 2.05) is 43.3 Å². The number of hydrogen-bond donors (Lipinski definition) is 2. The molecule has 39 heavy (non-hydrogen) atoms. The van der Waals surface area contributed by atoms with Crippen LogP contribution in [0.5, 0.6) is 0 Å². The molecule has 0 fully saturated rings. The van der Waals surface area contributed by atoms with E-state index in [2.05, 4.69) is 20.9 Å². The van der Waals surface area contributed by atoms with Crippen LogP contribution in [0.4, 0.5) is 11.4 Å². The average Bonchev–Trinajstić information content (AvgIpc) is 3.37. The van der Waals surface area contributed by atoms with Crippen LogP contribution in [0.15, 0.2) is 102 Å². The first kappa shape index (κ1) is 26.0. The first-order chi connectivity index (χ1) is 18.7. The Morgan fingerprint density at radius 2 is 1.62 bits per heavy atom. The molecule has 0 aliphatic rings. The van der Waals surface area contributed by atoms with Crippen molar-refractivity contribution in [1.82, 2.24) is 20.3 Å². The number of hydrogen-bond acceptors (Lipinski definition) is 6. The van der Waals surface area contributed by atoms with Crippen LogP contribution in [0, 0.1) is 6.92 Å². The summed E-state index contributed by atoms with van der Waals surface area (Å²) in [6.07, 6.45) is 0. The van der Waals surface area contributed by atoms with Gasteiger partial charge in [-0.3, -0.25) is 14.4 Å². The number of anilines is 2. The maximum Gasteiger partial charge on any atom is 0.264 e. The molecule has 4 aromatic carbocycles. The number of nitrogens with zero attached hydrogens (tertiary/aromatic N) is 4. The maximum absolute atomic E-state index is 13.0. The van der Waals surface area contributed by atoms with E-state index < -0.39 is 15.9 Å². The van der Waals surface area contributed by atoms with E-state index in [4.69, 9.17) is 12.2 Å². The summed E-state index contributed by atoms with van der Waals surface area (Å²) in [4.78, 5) is 13.1. The van der Waals surface area contributed by atoms with Gasteiger partial charge in [0.25, 0.3) is 15.9 Å². The molecule has 0 saturated heterocycles. The van der Waals surface area contributed by atoms with Gasteiger partial charge in [-0.25, -0.2) is 13.1 Å². The van der Waals surface area contributed by atoms with E-state index in [0.717, 1.165) is 22.3 Å². The number of aryl methyl sites for hydroxylation is 1. The molecular formula is C28H24N6O3S2. The number of benzene rings is 4. The molecule has 0 unspecified atom stereocenters. The minimum atomic E-state index is -3.74. The predicted molar refractivity (Wildman–Crippen MR) is 156 cm³/mol. The number of sulfonamides is 1. The summed E-state index contributed by atoms with van der Waals surface area (Å²) in [5.41, 5.74) is 4.71. The Bertz CT molecular complexity index is 1790. The number of carbonyl (C=O) groups excluding carboxylic acids is 1. The third kappa shape index (κ3) is 5.35. The number of nitrogens with one attached hydrogen (secondary N) is 2. The molecule has 11 heteroatoms. The number of para-hydroxylation sites is 2. The van der Waals surface area contributed by atoms with Gasteiger partial charge in [0.2, 0.25) is 0 Å². The fourth-order valence-corrected chi connectivity index (χ4v) is 5.41. The molecule has 1 amide bonds. The minimum absolute atomic E-state index is 0.0744. The summed E-state index contributed by atoms with van der Waals surface area (Å²) in [5.74, 6) is -0.401. The number of rotatable bonds is 6. The van der Waals surface area contributed by atoms with Gasteiger partial charge in [-0.05, 0) is 85.4 Å². The molecule has 0 saturated carbocycles. The van der Waals surface area contributed by atoms with Crippen molar-refractivity contribution in [2.24, 2.45) is 0 Å². The lowest BCUT2D eigenvalue weighted by atomic mass is 10.1. The zero-order valence-electron chi connectivity index (χ0n) is 21.1. The molecule has 5 rings (SSSR count). The van der Waals surface area contributed by atoms with Crippen molar-refractivity contribution in [1.29, 1.82) is 0 Å². The van der Waals surface area contributed by atoms with Crippen LogP contribution in [-0.4, -0.2) is 41.5 Å². The number of carbonyl (C=O) groups is 1. The summed E-state index contributed by atoms with van der Waals surface area (Å²) in [7, 11) is -2.24. The molecule has 0 aliphatic carbocycles. The summed E-state index contributed by atoms with van der Waals surface area (Å²) < 4.78 is 28.9. The highest BCUT2D eigenvalue weighted by molar-refractivity contribution is 7.92. The second-order valence-electron chi connectivity index (χ2n) is 8.73. The second kappa shape index (κ2) is 10.6. The summed E-state index contributed by atoms with van der Waals surface area (Å²) >= 11 is 5.33. The average molecular weight is 557 g/mol. The minimum Gasteiger partial charge on any atom is -0.332 e. The van der Waals surface area contributed by atoms with Crippen LogP contribution in [0.3, 0.4) is 0 Å². The Labute approximate surface area is 231 Å². The lowest BCUT2D eigenvalue weighted by Gasteiger charge is -2.19. The van der Waals surface area contributed by atoms with Crippen molar-refractivity contribution in [2.75, 3.05) is 16.7 Å². The zero-order valence-corrected chi connectivity index (χ0v) is 22.7. The summed E-state index contributed by atoms with van der Waals surface area (Å²) in [5, 5.41) is 14.1.